The summed E-state index contributed by atoms with van der Waals surface area (Å²) in [6.45, 7) is 2.71. The zero-order valence-corrected chi connectivity index (χ0v) is 17.9. The van der Waals surface area contributed by atoms with Gasteiger partial charge in [0.1, 0.15) is 18.0 Å². The summed E-state index contributed by atoms with van der Waals surface area (Å²) in [6, 6.07) is 8.96. The normalized spacial score (nSPS) is 17.9. The maximum absolute atomic E-state index is 13.1. The molecule has 2 aromatic carbocycles. The molecule has 0 atom stereocenters. The van der Waals surface area contributed by atoms with Crippen molar-refractivity contribution in [3.8, 4) is 17.2 Å². The smallest absolute Gasteiger partial charge is 0.231 e. The van der Waals surface area contributed by atoms with Crippen molar-refractivity contribution < 1.29 is 24.3 Å². The van der Waals surface area contributed by atoms with Crippen molar-refractivity contribution in [2.75, 3.05) is 20.2 Å². The predicted molar refractivity (Wildman–Crippen MR) is 117 cm³/mol. The Balaban J connectivity index is 1.52. The van der Waals surface area contributed by atoms with E-state index in [2.05, 4.69) is 0 Å². The lowest BCUT2D eigenvalue weighted by Crippen LogP contribution is -3.11. The van der Waals surface area contributed by atoms with E-state index in [0.717, 1.165) is 35.3 Å². The standard InChI is InChI=1S/C25H26N2O4/c1-26-14-16(19-13-17(30-2)6-8-21(19)26)12-23-24(29)18-7-9-22(28)20(25(18)31-23)15-27-10-4-3-5-11-27/h6-9,12-14,28H,3-5,10-11,15H2,1-2H3. The highest BCUT2D eigenvalue weighted by Gasteiger charge is 2.31. The van der Waals surface area contributed by atoms with Crippen molar-refractivity contribution in [1.29, 1.82) is 0 Å². The first-order valence-electron chi connectivity index (χ1n) is 10.8. The average Bonchev–Trinajstić information content (AvgIpc) is 3.27. The number of likely N-dealkylation sites (tertiary alicyclic amines) is 1. The number of hydrogen-bond donors (Lipinski definition) is 1. The molecule has 6 heteroatoms. The molecule has 6 nitrogen and oxygen atoms in total. The Morgan fingerprint density at radius 1 is 1.19 bits per heavy atom. The minimum Gasteiger partial charge on any atom is -0.872 e. The number of benzene rings is 2. The van der Waals surface area contributed by atoms with Gasteiger partial charge in [0.2, 0.25) is 5.78 Å². The molecule has 31 heavy (non-hydrogen) atoms. The third-order valence-electron chi connectivity index (χ3n) is 6.40. The van der Waals surface area contributed by atoms with Crippen molar-refractivity contribution in [2.24, 2.45) is 7.05 Å². The second-order valence-electron chi connectivity index (χ2n) is 8.42. The first-order chi connectivity index (χ1) is 15.0. The minimum absolute atomic E-state index is 0.0548. The van der Waals surface area contributed by atoms with Gasteiger partial charge in [-0.15, -0.1) is 0 Å². The van der Waals surface area contributed by atoms with Crippen LogP contribution in [0.15, 0.2) is 42.3 Å². The summed E-state index contributed by atoms with van der Waals surface area (Å²) in [6.07, 6.45) is 7.33. The molecule has 3 heterocycles. The highest BCUT2D eigenvalue weighted by molar-refractivity contribution is 6.15. The second kappa shape index (κ2) is 7.78. The third-order valence-corrected chi connectivity index (χ3v) is 6.40. The molecular formula is C25H26N2O4. The zero-order chi connectivity index (χ0) is 21.5. The minimum atomic E-state index is -0.176. The van der Waals surface area contributed by atoms with E-state index >= 15 is 0 Å². The molecule has 0 saturated carbocycles. The summed E-state index contributed by atoms with van der Waals surface area (Å²) in [7, 11) is 3.60. The van der Waals surface area contributed by atoms with Gasteiger partial charge in [0.05, 0.1) is 25.8 Å². The number of methoxy groups -OCH3 is 1. The number of piperidine rings is 1. The Labute approximate surface area is 181 Å². The molecule has 0 aliphatic carbocycles. The van der Waals surface area contributed by atoms with Crippen LogP contribution in [-0.2, 0) is 13.6 Å². The van der Waals surface area contributed by atoms with E-state index in [0.29, 0.717) is 23.4 Å². The van der Waals surface area contributed by atoms with Crippen molar-refractivity contribution >= 4 is 22.8 Å². The number of allylic oxidation sites excluding steroid dienone is 1. The summed E-state index contributed by atoms with van der Waals surface area (Å²) >= 11 is 0. The van der Waals surface area contributed by atoms with Crippen LogP contribution in [0.4, 0.5) is 0 Å². The summed E-state index contributed by atoms with van der Waals surface area (Å²) in [5.41, 5.74) is 3.01. The van der Waals surface area contributed by atoms with Gasteiger partial charge in [0.25, 0.3) is 0 Å². The van der Waals surface area contributed by atoms with Crippen LogP contribution in [-0.4, -0.2) is 30.5 Å². The Morgan fingerprint density at radius 2 is 2.00 bits per heavy atom. The average molecular weight is 418 g/mol. The van der Waals surface area contributed by atoms with Crippen LogP contribution < -0.4 is 19.5 Å². The number of carbonyl (C=O) groups excluding carboxylic acids is 1. The first kappa shape index (κ1) is 19.7. The molecule has 2 aliphatic heterocycles. The highest BCUT2D eigenvalue weighted by atomic mass is 16.5. The van der Waals surface area contributed by atoms with Crippen LogP contribution in [0.25, 0.3) is 17.0 Å². The fourth-order valence-electron chi connectivity index (χ4n) is 4.72. The fraction of sp³-hybridized carbons (Fsp3) is 0.320. The lowest BCUT2D eigenvalue weighted by Gasteiger charge is -2.26. The van der Waals surface area contributed by atoms with Crippen LogP contribution in [0.2, 0.25) is 0 Å². The molecule has 1 N–H and O–H groups in total. The monoisotopic (exact) mass is 418 g/mol. The van der Waals surface area contributed by atoms with Gasteiger partial charge in [-0.2, -0.15) is 0 Å². The first-order valence-corrected chi connectivity index (χ1v) is 10.8. The van der Waals surface area contributed by atoms with E-state index in [1.165, 1.54) is 30.2 Å². The molecule has 2 aliphatic rings. The van der Waals surface area contributed by atoms with Gasteiger partial charge in [-0.25, -0.2) is 0 Å². The van der Waals surface area contributed by atoms with Crippen LogP contribution in [0.5, 0.6) is 17.2 Å². The summed E-state index contributed by atoms with van der Waals surface area (Å²) < 4.78 is 13.4. The van der Waals surface area contributed by atoms with E-state index in [-0.39, 0.29) is 17.3 Å². The van der Waals surface area contributed by atoms with Crippen molar-refractivity contribution in [3.63, 3.8) is 0 Å². The largest absolute Gasteiger partial charge is 0.872 e. The SMILES string of the molecule is COc1ccc2c(c1)c(C=C1Oc3c(ccc([O-])c3C[NH+]3CCCCC3)C1=O)cn2C. The summed E-state index contributed by atoms with van der Waals surface area (Å²) in [5, 5.41) is 13.6. The molecule has 0 spiro atoms. The number of rotatable bonds is 4. The Kier molecular flexibility index (Phi) is 4.94. The van der Waals surface area contributed by atoms with Crippen molar-refractivity contribution in [1.82, 2.24) is 4.57 Å². The fourth-order valence-corrected chi connectivity index (χ4v) is 4.72. The van der Waals surface area contributed by atoms with Gasteiger partial charge >= 0.3 is 0 Å². The lowest BCUT2D eigenvalue weighted by molar-refractivity contribution is -0.918. The predicted octanol–water partition coefficient (Wildman–Crippen LogP) is 2.45. The van der Waals surface area contributed by atoms with Crippen LogP contribution in [0, 0.1) is 0 Å². The van der Waals surface area contributed by atoms with Crippen molar-refractivity contribution in [2.45, 2.75) is 25.8 Å². The number of aromatic nitrogens is 1. The third kappa shape index (κ3) is 3.47. The molecular weight excluding hydrogens is 392 g/mol. The number of Topliss-reactive ketones (excluding diaryl/α,β-unsaturated/α-hetero) is 1. The number of ketones is 1. The van der Waals surface area contributed by atoms with Gasteiger partial charge in [0.15, 0.2) is 5.76 Å². The topological polar surface area (TPSA) is 68.0 Å². The maximum Gasteiger partial charge on any atom is 0.231 e. The van der Waals surface area contributed by atoms with Gasteiger partial charge in [0, 0.05) is 35.3 Å². The number of aryl methyl sites for hydroxylation is 1. The van der Waals surface area contributed by atoms with E-state index < -0.39 is 0 Å². The molecule has 160 valence electrons. The van der Waals surface area contributed by atoms with Crippen LogP contribution in [0.1, 0.15) is 40.7 Å². The summed E-state index contributed by atoms with van der Waals surface area (Å²) in [4.78, 5) is 14.5. The molecule has 1 saturated heterocycles. The molecule has 0 bridgehead atoms. The molecule has 0 radical (unpaired) electrons. The van der Waals surface area contributed by atoms with Crippen LogP contribution in [0.3, 0.4) is 0 Å². The number of carbonyl (C=O) groups is 1. The molecule has 0 amide bonds. The Bertz CT molecular complexity index is 1200. The molecule has 3 aromatic rings. The van der Waals surface area contributed by atoms with E-state index in [1.54, 1.807) is 19.3 Å². The molecule has 0 unspecified atom stereocenters. The Morgan fingerprint density at radius 3 is 2.77 bits per heavy atom. The molecule has 5 rings (SSSR count). The van der Waals surface area contributed by atoms with E-state index in [9.17, 15) is 9.90 Å². The number of nitrogens with zero attached hydrogens (tertiary/aromatic N) is 1. The van der Waals surface area contributed by atoms with Gasteiger partial charge in [-0.05, 0) is 49.6 Å². The second-order valence-corrected chi connectivity index (χ2v) is 8.42. The van der Waals surface area contributed by atoms with E-state index in [1.807, 2.05) is 36.0 Å². The quantitative estimate of drug-likeness (QED) is 0.661. The van der Waals surface area contributed by atoms with Gasteiger partial charge in [-0.3, -0.25) is 4.79 Å². The van der Waals surface area contributed by atoms with Crippen LogP contribution >= 0.6 is 0 Å². The number of ether oxygens (including phenoxy) is 2. The zero-order valence-electron chi connectivity index (χ0n) is 17.9. The maximum atomic E-state index is 13.1. The number of hydrogen-bond acceptors (Lipinski definition) is 4. The molecule has 1 aromatic heterocycles. The lowest BCUT2D eigenvalue weighted by atomic mass is 10.0. The molecule has 1 fully saturated rings. The van der Waals surface area contributed by atoms with Crippen molar-refractivity contribution in [3.05, 3.63) is 59.0 Å². The number of nitrogens with one attached hydrogen (secondary N) is 1. The highest BCUT2D eigenvalue weighted by Crippen LogP contribution is 2.39. The Hall–Kier alpha value is -3.25. The van der Waals surface area contributed by atoms with Gasteiger partial charge < -0.3 is 24.0 Å². The summed E-state index contributed by atoms with van der Waals surface area (Å²) in [5.74, 6) is 1.22. The van der Waals surface area contributed by atoms with Gasteiger partial charge in [-0.1, -0.05) is 11.8 Å². The number of fused-ring (bicyclic) bond motifs is 2. The van der Waals surface area contributed by atoms with E-state index in [4.69, 9.17) is 9.47 Å². The number of quaternary nitrogens is 1.